The van der Waals surface area contributed by atoms with E-state index in [4.69, 9.17) is 5.73 Å². The largest absolute Gasteiger partial charge is 0.399 e. The van der Waals surface area contributed by atoms with Crippen LogP contribution < -0.4 is 11.1 Å². The first-order valence-corrected chi connectivity index (χ1v) is 4.39. The molecule has 0 radical (unpaired) electrons. The van der Waals surface area contributed by atoms with Gasteiger partial charge in [0, 0.05) is 18.7 Å². The van der Waals surface area contributed by atoms with Gasteiger partial charge in [-0.15, -0.1) is 0 Å². The topological polar surface area (TPSA) is 55.1 Å². The van der Waals surface area contributed by atoms with E-state index < -0.39 is 0 Å². The number of Topliss-reactive ketones (excluding diaryl/α,β-unsaturated/α-hetero) is 1. The van der Waals surface area contributed by atoms with Gasteiger partial charge in [-0.3, -0.25) is 4.79 Å². The zero-order valence-corrected chi connectivity index (χ0v) is 7.29. The van der Waals surface area contributed by atoms with Gasteiger partial charge in [0.15, 0.2) is 5.78 Å². The summed E-state index contributed by atoms with van der Waals surface area (Å²) in [5.41, 5.74) is 7.30. The Bertz CT molecular complexity index is 318. The van der Waals surface area contributed by atoms with Crippen LogP contribution in [0.5, 0.6) is 0 Å². The minimum atomic E-state index is -0.111. The molecule has 1 atom stereocenters. The van der Waals surface area contributed by atoms with Crippen LogP contribution in [0.15, 0.2) is 24.3 Å². The van der Waals surface area contributed by atoms with Crippen molar-refractivity contribution in [2.75, 3.05) is 12.3 Å². The van der Waals surface area contributed by atoms with E-state index in [1.54, 1.807) is 0 Å². The molecular weight excluding hydrogens is 164 g/mol. The fourth-order valence-corrected chi connectivity index (χ4v) is 1.59. The van der Waals surface area contributed by atoms with Crippen LogP contribution in [0.3, 0.4) is 0 Å². The summed E-state index contributed by atoms with van der Waals surface area (Å²) >= 11 is 0. The summed E-state index contributed by atoms with van der Waals surface area (Å²) in [5.74, 6) is 0.268. The number of hydrogen-bond donors (Lipinski definition) is 2. The second kappa shape index (κ2) is 3.18. The van der Waals surface area contributed by atoms with Crippen molar-refractivity contribution in [1.82, 2.24) is 5.32 Å². The molecule has 3 heteroatoms. The normalized spacial score (nSPS) is 22.2. The molecule has 0 amide bonds. The summed E-state index contributed by atoms with van der Waals surface area (Å²) in [5, 5.41) is 3.15. The van der Waals surface area contributed by atoms with E-state index in [-0.39, 0.29) is 11.8 Å². The van der Waals surface area contributed by atoms with Gasteiger partial charge in [-0.05, 0) is 17.7 Å². The SMILES string of the molecule is Nc1ccc(C2NCCC2=O)cc1. The van der Waals surface area contributed by atoms with Gasteiger partial charge in [0.1, 0.15) is 0 Å². The van der Waals surface area contributed by atoms with E-state index in [2.05, 4.69) is 5.32 Å². The fourth-order valence-electron chi connectivity index (χ4n) is 1.59. The number of anilines is 1. The highest BCUT2D eigenvalue weighted by Gasteiger charge is 2.24. The average molecular weight is 176 g/mol. The second-order valence-corrected chi connectivity index (χ2v) is 3.27. The third kappa shape index (κ3) is 1.55. The summed E-state index contributed by atoms with van der Waals surface area (Å²) < 4.78 is 0. The molecule has 3 N–H and O–H groups in total. The van der Waals surface area contributed by atoms with Gasteiger partial charge < -0.3 is 11.1 Å². The third-order valence-corrected chi connectivity index (χ3v) is 2.31. The lowest BCUT2D eigenvalue weighted by atomic mass is 10.0. The first-order chi connectivity index (χ1) is 6.27. The molecule has 1 aliphatic heterocycles. The Morgan fingerprint density at radius 1 is 1.31 bits per heavy atom. The lowest BCUT2D eigenvalue weighted by Crippen LogP contribution is -2.17. The Kier molecular flexibility index (Phi) is 2.02. The average Bonchev–Trinajstić information content (AvgIpc) is 2.53. The van der Waals surface area contributed by atoms with E-state index in [0.717, 1.165) is 17.8 Å². The zero-order valence-electron chi connectivity index (χ0n) is 7.29. The van der Waals surface area contributed by atoms with Crippen molar-refractivity contribution < 1.29 is 4.79 Å². The molecule has 13 heavy (non-hydrogen) atoms. The van der Waals surface area contributed by atoms with Crippen LogP contribution in [0, 0.1) is 0 Å². The van der Waals surface area contributed by atoms with Crippen LogP contribution >= 0.6 is 0 Å². The van der Waals surface area contributed by atoms with Crippen molar-refractivity contribution in [3.05, 3.63) is 29.8 Å². The van der Waals surface area contributed by atoms with Crippen LogP contribution in [-0.2, 0) is 4.79 Å². The molecule has 0 spiro atoms. The van der Waals surface area contributed by atoms with Crippen LogP contribution in [0.2, 0.25) is 0 Å². The van der Waals surface area contributed by atoms with Gasteiger partial charge in [0.2, 0.25) is 0 Å². The monoisotopic (exact) mass is 176 g/mol. The number of carbonyl (C=O) groups excluding carboxylic acids is 1. The Morgan fingerprint density at radius 2 is 2.00 bits per heavy atom. The van der Waals surface area contributed by atoms with Gasteiger partial charge in [0.25, 0.3) is 0 Å². The summed E-state index contributed by atoms with van der Waals surface area (Å²) in [4.78, 5) is 11.4. The van der Waals surface area contributed by atoms with Gasteiger partial charge >= 0.3 is 0 Å². The summed E-state index contributed by atoms with van der Waals surface area (Å²) in [7, 11) is 0. The fraction of sp³-hybridized carbons (Fsp3) is 0.300. The standard InChI is InChI=1S/C10H12N2O/c11-8-3-1-7(2-4-8)10-9(13)5-6-12-10/h1-4,10,12H,5-6,11H2. The van der Waals surface area contributed by atoms with E-state index >= 15 is 0 Å². The molecule has 68 valence electrons. The molecule has 1 fully saturated rings. The number of hydrogen-bond acceptors (Lipinski definition) is 3. The van der Waals surface area contributed by atoms with E-state index in [1.165, 1.54) is 0 Å². The van der Waals surface area contributed by atoms with Crippen LogP contribution in [0.1, 0.15) is 18.0 Å². The number of nitrogens with two attached hydrogens (primary N) is 1. The Morgan fingerprint density at radius 3 is 2.54 bits per heavy atom. The number of rotatable bonds is 1. The minimum absolute atomic E-state index is 0.111. The number of benzene rings is 1. The van der Waals surface area contributed by atoms with Crippen molar-refractivity contribution in [3.8, 4) is 0 Å². The molecule has 0 aromatic heterocycles. The highest BCUT2D eigenvalue weighted by atomic mass is 16.1. The van der Waals surface area contributed by atoms with Crippen LogP contribution in [-0.4, -0.2) is 12.3 Å². The summed E-state index contributed by atoms with van der Waals surface area (Å²) in [6.45, 7) is 0.786. The minimum Gasteiger partial charge on any atom is -0.399 e. The molecule has 1 unspecified atom stereocenters. The Labute approximate surface area is 76.9 Å². The van der Waals surface area contributed by atoms with E-state index in [0.29, 0.717) is 6.42 Å². The van der Waals surface area contributed by atoms with E-state index in [9.17, 15) is 4.79 Å². The maximum atomic E-state index is 11.4. The highest BCUT2D eigenvalue weighted by molar-refractivity contribution is 5.87. The molecule has 1 aliphatic rings. The molecule has 1 aromatic rings. The predicted octanol–water partition coefficient (Wildman–Crippen LogP) is 0.872. The molecule has 1 aromatic carbocycles. The number of nitrogen functional groups attached to an aromatic ring is 1. The smallest absolute Gasteiger partial charge is 0.155 e. The first kappa shape index (κ1) is 8.26. The molecular formula is C10H12N2O. The van der Waals surface area contributed by atoms with Crippen LogP contribution in [0.25, 0.3) is 0 Å². The second-order valence-electron chi connectivity index (χ2n) is 3.27. The number of ketones is 1. The molecule has 2 rings (SSSR count). The maximum absolute atomic E-state index is 11.4. The number of nitrogens with one attached hydrogen (secondary N) is 1. The summed E-state index contributed by atoms with van der Waals surface area (Å²) in [6, 6.07) is 7.33. The van der Waals surface area contributed by atoms with Crippen LogP contribution in [0.4, 0.5) is 5.69 Å². The highest BCUT2D eigenvalue weighted by Crippen LogP contribution is 2.20. The van der Waals surface area contributed by atoms with Crippen molar-refractivity contribution in [1.29, 1.82) is 0 Å². The first-order valence-electron chi connectivity index (χ1n) is 4.39. The third-order valence-electron chi connectivity index (χ3n) is 2.31. The van der Waals surface area contributed by atoms with E-state index in [1.807, 2.05) is 24.3 Å². The van der Waals surface area contributed by atoms with Gasteiger partial charge in [-0.25, -0.2) is 0 Å². The van der Waals surface area contributed by atoms with Gasteiger partial charge in [-0.1, -0.05) is 12.1 Å². The molecule has 1 heterocycles. The molecule has 0 saturated carbocycles. The van der Waals surface area contributed by atoms with Crippen molar-refractivity contribution in [2.45, 2.75) is 12.5 Å². The predicted molar refractivity (Wildman–Crippen MR) is 51.2 cm³/mol. The van der Waals surface area contributed by atoms with Gasteiger partial charge in [0.05, 0.1) is 6.04 Å². The van der Waals surface area contributed by atoms with Crippen molar-refractivity contribution in [2.24, 2.45) is 0 Å². The Balaban J connectivity index is 2.25. The van der Waals surface area contributed by atoms with Gasteiger partial charge in [-0.2, -0.15) is 0 Å². The molecule has 0 aliphatic carbocycles. The quantitative estimate of drug-likeness (QED) is 0.624. The molecule has 1 saturated heterocycles. The Hall–Kier alpha value is -1.35. The lowest BCUT2D eigenvalue weighted by Gasteiger charge is -2.08. The molecule has 3 nitrogen and oxygen atoms in total. The zero-order chi connectivity index (χ0) is 9.26. The lowest BCUT2D eigenvalue weighted by molar-refractivity contribution is -0.118. The maximum Gasteiger partial charge on any atom is 0.155 e. The summed E-state index contributed by atoms with van der Waals surface area (Å²) in [6.07, 6.45) is 0.634. The van der Waals surface area contributed by atoms with Crippen molar-refractivity contribution >= 4 is 11.5 Å². The molecule has 0 bridgehead atoms. The van der Waals surface area contributed by atoms with Crippen molar-refractivity contribution in [3.63, 3.8) is 0 Å². The number of carbonyl (C=O) groups is 1.